The summed E-state index contributed by atoms with van der Waals surface area (Å²) in [7, 11) is 0. The highest BCUT2D eigenvalue weighted by atomic mass is 79.9. The molecule has 2 rings (SSSR count). The van der Waals surface area contributed by atoms with Gasteiger partial charge in [-0.25, -0.2) is 0 Å². The van der Waals surface area contributed by atoms with Crippen LogP contribution in [0.1, 0.15) is 11.1 Å². The number of anilines is 2. The van der Waals surface area contributed by atoms with Crippen molar-refractivity contribution in [1.29, 1.82) is 0 Å². The van der Waals surface area contributed by atoms with Crippen LogP contribution in [0.15, 0.2) is 46.9 Å². The normalized spacial score (nSPS) is 11.4. The van der Waals surface area contributed by atoms with Crippen LogP contribution in [0.2, 0.25) is 0 Å². The third-order valence-corrected chi connectivity index (χ3v) is 3.24. The molecule has 3 N–H and O–H groups in total. The van der Waals surface area contributed by atoms with Gasteiger partial charge in [0.2, 0.25) is 0 Å². The molecule has 0 saturated carbocycles. The van der Waals surface area contributed by atoms with Crippen LogP contribution in [0.25, 0.3) is 0 Å². The van der Waals surface area contributed by atoms with Gasteiger partial charge in [-0.15, -0.1) is 0 Å². The zero-order valence-electron chi connectivity index (χ0n) is 10.3. The Morgan fingerprint density at radius 1 is 1.10 bits per heavy atom. The summed E-state index contributed by atoms with van der Waals surface area (Å²) in [5.41, 5.74) is 6.92. The standard InChI is InChI=1S/C14H12BrF3N2/c15-11-4-5-13(12(19)7-11)20-8-9-2-1-3-10(6-9)14(16,17)18/h1-7,20H,8,19H2. The highest BCUT2D eigenvalue weighted by Crippen LogP contribution is 2.30. The van der Waals surface area contributed by atoms with E-state index in [1.807, 2.05) is 6.07 Å². The van der Waals surface area contributed by atoms with Gasteiger partial charge in [-0.3, -0.25) is 0 Å². The van der Waals surface area contributed by atoms with Gasteiger partial charge >= 0.3 is 6.18 Å². The quantitative estimate of drug-likeness (QED) is 0.794. The lowest BCUT2D eigenvalue weighted by molar-refractivity contribution is -0.137. The minimum atomic E-state index is -4.33. The van der Waals surface area contributed by atoms with E-state index in [4.69, 9.17) is 5.73 Å². The van der Waals surface area contributed by atoms with E-state index in [-0.39, 0.29) is 6.54 Å². The van der Waals surface area contributed by atoms with Crippen molar-refractivity contribution in [3.05, 3.63) is 58.1 Å². The maximum atomic E-state index is 12.6. The van der Waals surface area contributed by atoms with Crippen molar-refractivity contribution >= 4 is 27.3 Å². The summed E-state index contributed by atoms with van der Waals surface area (Å²) < 4.78 is 38.6. The van der Waals surface area contributed by atoms with E-state index in [1.54, 1.807) is 18.2 Å². The van der Waals surface area contributed by atoms with Gasteiger partial charge in [-0.05, 0) is 35.9 Å². The highest BCUT2D eigenvalue weighted by molar-refractivity contribution is 9.10. The second-order valence-corrected chi connectivity index (χ2v) is 5.20. The molecule has 0 radical (unpaired) electrons. The summed E-state index contributed by atoms with van der Waals surface area (Å²) in [6.07, 6.45) is -4.33. The summed E-state index contributed by atoms with van der Waals surface area (Å²) in [6.45, 7) is 0.274. The van der Waals surface area contributed by atoms with E-state index < -0.39 is 11.7 Å². The smallest absolute Gasteiger partial charge is 0.397 e. The van der Waals surface area contributed by atoms with Crippen LogP contribution in [-0.4, -0.2) is 0 Å². The Kier molecular flexibility index (Phi) is 4.23. The number of nitrogen functional groups attached to an aromatic ring is 1. The number of nitrogens with one attached hydrogen (secondary N) is 1. The summed E-state index contributed by atoms with van der Waals surface area (Å²) >= 11 is 3.29. The van der Waals surface area contributed by atoms with Gasteiger partial charge in [0.05, 0.1) is 16.9 Å². The Morgan fingerprint density at radius 3 is 2.50 bits per heavy atom. The van der Waals surface area contributed by atoms with E-state index in [2.05, 4.69) is 21.2 Å². The summed E-state index contributed by atoms with van der Waals surface area (Å²) in [5.74, 6) is 0. The molecule has 0 fully saturated rings. The van der Waals surface area contributed by atoms with Crippen molar-refractivity contribution in [2.75, 3.05) is 11.1 Å². The van der Waals surface area contributed by atoms with Gasteiger partial charge in [-0.1, -0.05) is 28.1 Å². The van der Waals surface area contributed by atoms with E-state index in [1.165, 1.54) is 6.07 Å². The number of alkyl halides is 3. The molecule has 0 aliphatic heterocycles. The number of hydrogen-bond donors (Lipinski definition) is 2. The van der Waals surface area contributed by atoms with E-state index >= 15 is 0 Å². The van der Waals surface area contributed by atoms with Crippen LogP contribution in [0.4, 0.5) is 24.5 Å². The van der Waals surface area contributed by atoms with Gasteiger partial charge in [0, 0.05) is 11.0 Å². The molecule has 0 saturated heterocycles. The molecular weight excluding hydrogens is 333 g/mol. The fourth-order valence-electron chi connectivity index (χ4n) is 1.75. The average Bonchev–Trinajstić information content (AvgIpc) is 2.37. The summed E-state index contributed by atoms with van der Waals surface area (Å²) in [6, 6.07) is 10.5. The molecule has 0 amide bonds. The van der Waals surface area contributed by atoms with Gasteiger partial charge in [0.25, 0.3) is 0 Å². The first-order valence-electron chi connectivity index (χ1n) is 5.81. The lowest BCUT2D eigenvalue weighted by atomic mass is 10.1. The Morgan fingerprint density at radius 2 is 1.85 bits per heavy atom. The molecule has 0 aromatic heterocycles. The van der Waals surface area contributed by atoms with Gasteiger partial charge < -0.3 is 11.1 Å². The van der Waals surface area contributed by atoms with Crippen molar-refractivity contribution in [1.82, 2.24) is 0 Å². The lowest BCUT2D eigenvalue weighted by Crippen LogP contribution is -2.07. The highest BCUT2D eigenvalue weighted by Gasteiger charge is 2.30. The third kappa shape index (κ3) is 3.66. The van der Waals surface area contributed by atoms with Crippen LogP contribution in [-0.2, 0) is 12.7 Å². The summed E-state index contributed by atoms with van der Waals surface area (Å²) in [5, 5.41) is 3.02. The van der Waals surface area contributed by atoms with Crippen LogP contribution in [0.5, 0.6) is 0 Å². The minimum absolute atomic E-state index is 0.274. The molecule has 0 aliphatic rings. The molecule has 106 valence electrons. The zero-order valence-corrected chi connectivity index (χ0v) is 11.9. The largest absolute Gasteiger partial charge is 0.416 e. The molecule has 6 heteroatoms. The monoisotopic (exact) mass is 344 g/mol. The molecule has 0 aliphatic carbocycles. The summed E-state index contributed by atoms with van der Waals surface area (Å²) in [4.78, 5) is 0. The van der Waals surface area contributed by atoms with Crippen molar-refractivity contribution in [3.8, 4) is 0 Å². The number of nitrogens with two attached hydrogens (primary N) is 1. The van der Waals surface area contributed by atoms with E-state index in [0.717, 1.165) is 16.6 Å². The molecule has 0 unspecified atom stereocenters. The third-order valence-electron chi connectivity index (χ3n) is 2.75. The van der Waals surface area contributed by atoms with Gasteiger partial charge in [-0.2, -0.15) is 13.2 Å². The minimum Gasteiger partial charge on any atom is -0.397 e. The Hall–Kier alpha value is -1.69. The molecule has 2 nitrogen and oxygen atoms in total. The maximum absolute atomic E-state index is 12.6. The van der Waals surface area contributed by atoms with Crippen LogP contribution in [0.3, 0.4) is 0 Å². The second kappa shape index (κ2) is 5.75. The maximum Gasteiger partial charge on any atom is 0.416 e. The average molecular weight is 345 g/mol. The number of halogens is 4. The molecule has 20 heavy (non-hydrogen) atoms. The SMILES string of the molecule is Nc1cc(Br)ccc1NCc1cccc(C(F)(F)F)c1. The molecule has 0 heterocycles. The zero-order chi connectivity index (χ0) is 14.8. The number of benzene rings is 2. The van der Waals surface area contributed by atoms with Crippen molar-refractivity contribution in [2.24, 2.45) is 0 Å². The first kappa shape index (κ1) is 14.7. The Labute approximate surface area is 122 Å². The van der Waals surface area contributed by atoms with Crippen molar-refractivity contribution in [2.45, 2.75) is 12.7 Å². The fraction of sp³-hybridized carbons (Fsp3) is 0.143. The van der Waals surface area contributed by atoms with Gasteiger partial charge in [0.1, 0.15) is 0 Å². The number of hydrogen-bond acceptors (Lipinski definition) is 2. The Bertz CT molecular complexity index is 612. The molecule has 0 spiro atoms. The fourth-order valence-corrected chi connectivity index (χ4v) is 2.13. The lowest BCUT2D eigenvalue weighted by Gasteiger charge is -2.12. The van der Waals surface area contributed by atoms with Crippen LogP contribution < -0.4 is 11.1 Å². The van der Waals surface area contributed by atoms with Crippen LogP contribution >= 0.6 is 15.9 Å². The predicted molar refractivity (Wildman–Crippen MR) is 77.3 cm³/mol. The number of rotatable bonds is 3. The van der Waals surface area contributed by atoms with E-state index in [0.29, 0.717) is 16.9 Å². The predicted octanol–water partition coefficient (Wildman–Crippen LogP) is 4.66. The van der Waals surface area contributed by atoms with Gasteiger partial charge in [0.15, 0.2) is 0 Å². The molecule has 0 atom stereocenters. The first-order chi connectivity index (χ1) is 9.36. The molecule has 2 aromatic rings. The topological polar surface area (TPSA) is 38.0 Å². The van der Waals surface area contributed by atoms with Crippen molar-refractivity contribution < 1.29 is 13.2 Å². The van der Waals surface area contributed by atoms with Crippen LogP contribution in [0, 0.1) is 0 Å². The molecule has 0 bridgehead atoms. The Balaban J connectivity index is 2.11. The molecular formula is C14H12BrF3N2. The van der Waals surface area contributed by atoms with Crippen molar-refractivity contribution in [3.63, 3.8) is 0 Å². The second-order valence-electron chi connectivity index (χ2n) is 4.28. The van der Waals surface area contributed by atoms with E-state index in [9.17, 15) is 13.2 Å². The first-order valence-corrected chi connectivity index (χ1v) is 6.60. The molecule has 2 aromatic carbocycles.